The number of aryl methyl sites for hydroxylation is 1. The Bertz CT molecular complexity index is 372. The molecular formula is C12H16N2O. The molecule has 3 nitrogen and oxygen atoms in total. The summed E-state index contributed by atoms with van der Waals surface area (Å²) >= 11 is 0. The van der Waals surface area contributed by atoms with Crippen molar-refractivity contribution in [3.05, 3.63) is 40.1 Å². The summed E-state index contributed by atoms with van der Waals surface area (Å²) in [7, 11) is 0. The van der Waals surface area contributed by atoms with Crippen LogP contribution in [0.25, 0.3) is 6.08 Å². The van der Waals surface area contributed by atoms with Gasteiger partial charge in [-0.15, -0.1) is 0 Å². The largest absolute Gasteiger partial charge is 0.264 e. The fraction of sp³-hybridized carbons (Fsp3) is 0.417. The van der Waals surface area contributed by atoms with Crippen molar-refractivity contribution in [2.24, 2.45) is 5.18 Å². The first-order chi connectivity index (χ1) is 7.19. The number of nitrogens with zero attached hydrogens (tertiary/aromatic N) is 2. The molecule has 1 atom stereocenters. The highest BCUT2D eigenvalue weighted by molar-refractivity contribution is 5.55. The fourth-order valence-electron chi connectivity index (χ4n) is 1.45. The molecule has 0 N–H and O–H groups in total. The summed E-state index contributed by atoms with van der Waals surface area (Å²) in [6.07, 6.45) is 6.29. The molecule has 0 aliphatic rings. The van der Waals surface area contributed by atoms with Gasteiger partial charge in [0.15, 0.2) is 0 Å². The highest BCUT2D eigenvalue weighted by atomic mass is 16.3. The van der Waals surface area contributed by atoms with E-state index in [2.05, 4.69) is 10.2 Å². The minimum Gasteiger partial charge on any atom is -0.264 e. The van der Waals surface area contributed by atoms with Crippen molar-refractivity contribution in [2.45, 2.75) is 33.2 Å². The Kier molecular flexibility index (Phi) is 4.16. The molecule has 1 heterocycles. The van der Waals surface area contributed by atoms with Crippen LogP contribution in [0.15, 0.2) is 29.2 Å². The third-order valence-corrected chi connectivity index (χ3v) is 2.50. The first-order valence-corrected chi connectivity index (χ1v) is 5.10. The van der Waals surface area contributed by atoms with Gasteiger partial charge in [0, 0.05) is 12.4 Å². The van der Waals surface area contributed by atoms with Crippen LogP contribution in [0.2, 0.25) is 0 Å². The topological polar surface area (TPSA) is 42.3 Å². The Labute approximate surface area is 90.2 Å². The first kappa shape index (κ1) is 11.6. The van der Waals surface area contributed by atoms with Crippen molar-refractivity contribution in [3.63, 3.8) is 0 Å². The highest BCUT2D eigenvalue weighted by Gasteiger charge is 2.08. The van der Waals surface area contributed by atoms with Gasteiger partial charge in [0.1, 0.15) is 6.04 Å². The number of hydrogen-bond acceptors (Lipinski definition) is 3. The molecule has 0 spiro atoms. The van der Waals surface area contributed by atoms with E-state index in [-0.39, 0.29) is 6.04 Å². The van der Waals surface area contributed by atoms with Crippen LogP contribution in [0.3, 0.4) is 0 Å². The number of rotatable bonds is 4. The van der Waals surface area contributed by atoms with E-state index in [1.165, 1.54) is 0 Å². The van der Waals surface area contributed by atoms with E-state index in [9.17, 15) is 4.91 Å². The first-order valence-electron chi connectivity index (χ1n) is 5.10. The standard InChI is InChI=1S/C12H16N2O/c1-4-12(14-15)10(3)7-11-8-13-6-5-9(11)2/h5-8,12H,4H2,1-3H3/b10-7+. The van der Waals surface area contributed by atoms with Crippen molar-refractivity contribution >= 4 is 6.08 Å². The van der Waals surface area contributed by atoms with Crippen molar-refractivity contribution in [3.8, 4) is 0 Å². The molecule has 15 heavy (non-hydrogen) atoms. The van der Waals surface area contributed by atoms with E-state index >= 15 is 0 Å². The van der Waals surface area contributed by atoms with Crippen LogP contribution in [0, 0.1) is 11.8 Å². The SMILES string of the molecule is CCC(N=O)/C(C)=C/c1cnccc1C. The minimum atomic E-state index is -0.218. The quantitative estimate of drug-likeness (QED) is 0.706. The predicted octanol–water partition coefficient (Wildman–Crippen LogP) is 3.34. The van der Waals surface area contributed by atoms with Gasteiger partial charge in [0.05, 0.1) is 0 Å². The second kappa shape index (κ2) is 5.39. The van der Waals surface area contributed by atoms with E-state index in [0.717, 1.165) is 23.1 Å². The average Bonchev–Trinajstić information content (AvgIpc) is 2.23. The summed E-state index contributed by atoms with van der Waals surface area (Å²) in [6.45, 7) is 5.91. The van der Waals surface area contributed by atoms with Crippen LogP contribution >= 0.6 is 0 Å². The molecule has 1 aromatic rings. The molecule has 3 heteroatoms. The van der Waals surface area contributed by atoms with E-state index in [4.69, 9.17) is 0 Å². The minimum absolute atomic E-state index is 0.218. The summed E-state index contributed by atoms with van der Waals surface area (Å²) in [6, 6.07) is 1.73. The maximum absolute atomic E-state index is 10.5. The Morgan fingerprint density at radius 2 is 2.40 bits per heavy atom. The molecule has 0 amide bonds. The van der Waals surface area contributed by atoms with Crippen LogP contribution in [0.5, 0.6) is 0 Å². The number of hydrogen-bond donors (Lipinski definition) is 0. The highest BCUT2D eigenvalue weighted by Crippen LogP contribution is 2.16. The molecule has 1 unspecified atom stereocenters. The zero-order valence-corrected chi connectivity index (χ0v) is 9.40. The van der Waals surface area contributed by atoms with Gasteiger partial charge in [-0.2, -0.15) is 4.91 Å². The number of aromatic nitrogens is 1. The normalized spacial score (nSPS) is 13.7. The zero-order chi connectivity index (χ0) is 11.3. The lowest BCUT2D eigenvalue weighted by Crippen LogP contribution is -2.02. The summed E-state index contributed by atoms with van der Waals surface area (Å²) in [5.41, 5.74) is 3.20. The molecule has 1 aromatic heterocycles. The van der Waals surface area contributed by atoms with E-state index < -0.39 is 0 Å². The van der Waals surface area contributed by atoms with Crippen molar-refractivity contribution < 1.29 is 0 Å². The second-order valence-electron chi connectivity index (χ2n) is 3.65. The van der Waals surface area contributed by atoms with Crippen LogP contribution in [0.4, 0.5) is 0 Å². The van der Waals surface area contributed by atoms with Crippen LogP contribution in [-0.2, 0) is 0 Å². The van der Waals surface area contributed by atoms with E-state index in [0.29, 0.717) is 0 Å². The van der Waals surface area contributed by atoms with Crippen molar-refractivity contribution in [1.29, 1.82) is 0 Å². The summed E-state index contributed by atoms with van der Waals surface area (Å²) in [5.74, 6) is 0. The Balaban J connectivity index is 2.96. The van der Waals surface area contributed by atoms with Gasteiger partial charge in [0.25, 0.3) is 0 Å². The van der Waals surface area contributed by atoms with Gasteiger partial charge in [-0.3, -0.25) is 4.98 Å². The lowest BCUT2D eigenvalue weighted by atomic mass is 10.0. The summed E-state index contributed by atoms with van der Waals surface area (Å²) in [5, 5.41) is 3.09. The molecular weight excluding hydrogens is 188 g/mol. The van der Waals surface area contributed by atoms with Gasteiger partial charge in [0.2, 0.25) is 0 Å². The fourth-order valence-corrected chi connectivity index (χ4v) is 1.45. The number of nitroso groups, excluding NO2 is 1. The van der Waals surface area contributed by atoms with Crippen LogP contribution in [-0.4, -0.2) is 11.0 Å². The second-order valence-corrected chi connectivity index (χ2v) is 3.65. The summed E-state index contributed by atoms with van der Waals surface area (Å²) in [4.78, 5) is 14.6. The van der Waals surface area contributed by atoms with Gasteiger partial charge < -0.3 is 0 Å². The lowest BCUT2D eigenvalue weighted by Gasteiger charge is -2.07. The zero-order valence-electron chi connectivity index (χ0n) is 9.40. The maximum Gasteiger partial charge on any atom is 0.113 e. The molecule has 80 valence electrons. The monoisotopic (exact) mass is 204 g/mol. The van der Waals surface area contributed by atoms with Gasteiger partial charge in [-0.25, -0.2) is 0 Å². The van der Waals surface area contributed by atoms with Gasteiger partial charge >= 0.3 is 0 Å². The van der Waals surface area contributed by atoms with Crippen molar-refractivity contribution in [2.75, 3.05) is 0 Å². The molecule has 0 saturated carbocycles. The summed E-state index contributed by atoms with van der Waals surface area (Å²) < 4.78 is 0. The molecule has 0 aromatic carbocycles. The molecule has 0 aliphatic heterocycles. The molecule has 1 rings (SSSR count). The Hall–Kier alpha value is -1.51. The lowest BCUT2D eigenvalue weighted by molar-refractivity contribution is 0.740. The third kappa shape index (κ3) is 2.98. The number of pyridine rings is 1. The van der Waals surface area contributed by atoms with Gasteiger partial charge in [-0.1, -0.05) is 18.2 Å². The predicted molar refractivity (Wildman–Crippen MR) is 62.5 cm³/mol. The third-order valence-electron chi connectivity index (χ3n) is 2.50. The molecule has 0 saturated heterocycles. The van der Waals surface area contributed by atoms with Crippen molar-refractivity contribution in [1.82, 2.24) is 4.98 Å². The van der Waals surface area contributed by atoms with E-state index in [1.54, 1.807) is 12.4 Å². The van der Waals surface area contributed by atoms with Crippen LogP contribution < -0.4 is 0 Å². The molecule has 0 fully saturated rings. The Morgan fingerprint density at radius 1 is 1.67 bits per heavy atom. The molecule has 0 radical (unpaired) electrons. The Morgan fingerprint density at radius 3 is 2.93 bits per heavy atom. The van der Waals surface area contributed by atoms with Gasteiger partial charge in [-0.05, 0) is 43.0 Å². The smallest absolute Gasteiger partial charge is 0.113 e. The average molecular weight is 204 g/mol. The molecule has 0 bridgehead atoms. The molecule has 0 aliphatic carbocycles. The maximum atomic E-state index is 10.5. The van der Waals surface area contributed by atoms with Crippen LogP contribution in [0.1, 0.15) is 31.4 Å². The van der Waals surface area contributed by atoms with E-state index in [1.807, 2.05) is 32.9 Å².